The molecule has 3 aromatic carbocycles. The molecule has 0 unspecified atom stereocenters. The van der Waals surface area contributed by atoms with Gasteiger partial charge in [-0.1, -0.05) is 52.3 Å². The van der Waals surface area contributed by atoms with E-state index in [0.29, 0.717) is 0 Å². The van der Waals surface area contributed by atoms with Gasteiger partial charge in [0.15, 0.2) is 0 Å². The minimum atomic E-state index is -9.56. The number of hydrogen-bond donors (Lipinski definition) is 0. The van der Waals surface area contributed by atoms with Crippen LogP contribution in [0.15, 0.2) is 104 Å². The lowest BCUT2D eigenvalue weighted by Crippen LogP contribution is -2.78. The molecular weight excluding hydrogens is 941 g/mol. The summed E-state index contributed by atoms with van der Waals surface area (Å²) in [6.45, 7) is 0. The van der Waals surface area contributed by atoms with Gasteiger partial charge in [0.05, 0.1) is 0 Å². The van der Waals surface area contributed by atoms with Gasteiger partial charge in [-0.05, 0) is 58.8 Å². The van der Waals surface area contributed by atoms with Crippen molar-refractivity contribution in [3.8, 4) is 0 Å². The van der Waals surface area contributed by atoms with Gasteiger partial charge in [-0.2, -0.15) is 101 Å². The largest absolute Gasteiger partial charge is 0.460 e. The van der Waals surface area contributed by atoms with E-state index in [4.69, 9.17) is 0 Å². The van der Waals surface area contributed by atoms with Crippen LogP contribution in [0.1, 0.15) is 0 Å². The Balaban J connectivity index is 2.23. The van der Waals surface area contributed by atoms with E-state index in [0.717, 1.165) is 72.8 Å². The Labute approximate surface area is 311 Å². The molecule has 0 aliphatic heterocycles. The van der Waals surface area contributed by atoms with E-state index in [1.807, 2.05) is 0 Å². The summed E-state index contributed by atoms with van der Waals surface area (Å²) in [5.41, 5.74) is 0. The van der Waals surface area contributed by atoms with Gasteiger partial charge < -0.3 is 4.18 Å². The third kappa shape index (κ3) is 6.64. The highest BCUT2D eigenvalue weighted by Gasteiger charge is 2.99. The first-order chi connectivity index (χ1) is 25.3. The van der Waals surface area contributed by atoms with Crippen LogP contribution in [0.5, 0.6) is 0 Å². The van der Waals surface area contributed by atoms with Gasteiger partial charge in [-0.3, -0.25) is 0 Å². The fourth-order valence-electron chi connectivity index (χ4n) is 4.45. The van der Waals surface area contributed by atoms with E-state index in [-0.39, 0.29) is 4.47 Å². The molecular formula is C30H14BrF23O2S. The number of carbonyl (C=O) groups excluding carboxylic acids is 1. The van der Waals surface area contributed by atoms with E-state index < -0.39 is 96.4 Å². The van der Waals surface area contributed by atoms with Crippen LogP contribution < -0.4 is 0 Å². The molecule has 0 aliphatic carbocycles. The molecule has 0 N–H and O–H groups in total. The van der Waals surface area contributed by atoms with Crippen molar-refractivity contribution in [3.63, 3.8) is 0 Å². The second-order valence-corrected chi connectivity index (χ2v) is 14.9. The maximum atomic E-state index is 15.2. The van der Waals surface area contributed by atoms with Crippen LogP contribution in [-0.4, -0.2) is 71.4 Å². The zero-order valence-electron chi connectivity index (χ0n) is 26.4. The Morgan fingerprint density at radius 2 is 0.649 bits per heavy atom. The third-order valence-electron chi connectivity index (χ3n) is 7.66. The van der Waals surface area contributed by atoms with Crippen molar-refractivity contribution in [2.24, 2.45) is 0 Å². The summed E-state index contributed by atoms with van der Waals surface area (Å²) in [6, 6.07) is 14.5. The van der Waals surface area contributed by atoms with Gasteiger partial charge in [0.25, 0.3) is 0 Å². The van der Waals surface area contributed by atoms with Crippen LogP contribution in [-0.2, 0) is 8.98 Å². The van der Waals surface area contributed by atoms with Crippen molar-refractivity contribution in [3.05, 3.63) is 89.4 Å². The van der Waals surface area contributed by atoms with Crippen molar-refractivity contribution in [2.75, 3.05) is 0 Å². The van der Waals surface area contributed by atoms with Gasteiger partial charge in [0.2, 0.25) is 0 Å². The topological polar surface area (TPSA) is 26.3 Å². The van der Waals surface area contributed by atoms with Crippen molar-refractivity contribution in [2.45, 2.75) is 80.1 Å². The number of hydrogen-bond acceptors (Lipinski definition) is 2. The molecule has 2 nitrogen and oxygen atoms in total. The van der Waals surface area contributed by atoms with Crippen molar-refractivity contribution in [1.82, 2.24) is 0 Å². The van der Waals surface area contributed by atoms with E-state index in [2.05, 4.69) is 20.1 Å². The number of rotatable bonds is 14. The summed E-state index contributed by atoms with van der Waals surface area (Å²) < 4.78 is 326. The van der Waals surface area contributed by atoms with Crippen LogP contribution in [0.25, 0.3) is 0 Å². The SMILES string of the molecule is O=C(OS(c1ccccc1)(c1ccccc1)c1ccc(Br)cc1)C(F)(F)C(F)(F)C(F)(F)C(F)(F)C(F)(F)C(F)(F)C(F)(F)C(F)(F)C(F)(F)C(F)(F)C(F)(F)F. The van der Waals surface area contributed by atoms with Gasteiger partial charge >= 0.3 is 71.4 Å². The second kappa shape index (κ2) is 14.3. The summed E-state index contributed by atoms with van der Waals surface area (Å²) in [7, 11) is -4.38. The number of carbonyl (C=O) groups is 1. The first-order valence-electron chi connectivity index (χ1n) is 14.1. The summed E-state index contributed by atoms with van der Waals surface area (Å²) >= 11 is 2.96. The first-order valence-corrected chi connectivity index (χ1v) is 16.5. The quantitative estimate of drug-likeness (QED) is 0.151. The summed E-state index contributed by atoms with van der Waals surface area (Å²) in [5, 5.41) is 0. The highest BCUT2D eigenvalue weighted by molar-refractivity contribution is 9.10. The van der Waals surface area contributed by atoms with Gasteiger partial charge in [0.1, 0.15) is 0 Å². The average Bonchev–Trinajstić information content (AvgIpc) is 3.10. The van der Waals surface area contributed by atoms with E-state index >= 15 is 8.78 Å². The number of benzene rings is 3. The highest BCUT2D eigenvalue weighted by atomic mass is 79.9. The van der Waals surface area contributed by atoms with Gasteiger partial charge in [-0.15, -0.1) is 0 Å². The fraction of sp³-hybridized carbons (Fsp3) is 0.367. The van der Waals surface area contributed by atoms with Crippen LogP contribution in [0.3, 0.4) is 0 Å². The minimum absolute atomic E-state index is 0.171. The van der Waals surface area contributed by atoms with Crippen LogP contribution in [0, 0.1) is 0 Å². The molecule has 3 aromatic rings. The molecule has 0 bridgehead atoms. The molecule has 0 aliphatic rings. The van der Waals surface area contributed by atoms with E-state index in [1.165, 1.54) is 12.1 Å². The van der Waals surface area contributed by atoms with Crippen molar-refractivity contribution >= 4 is 32.2 Å². The highest BCUT2D eigenvalue weighted by Crippen LogP contribution is 2.71. The van der Waals surface area contributed by atoms with E-state index in [9.17, 15) is 97.0 Å². The molecule has 0 heterocycles. The molecule has 57 heavy (non-hydrogen) atoms. The predicted molar refractivity (Wildman–Crippen MR) is 151 cm³/mol. The maximum absolute atomic E-state index is 15.2. The maximum Gasteiger partial charge on any atom is 0.460 e. The van der Waals surface area contributed by atoms with Crippen LogP contribution >= 0.6 is 26.2 Å². The normalized spacial score (nSPS) is 15.4. The summed E-state index contributed by atoms with van der Waals surface area (Å²) in [6.07, 6.45) is -8.16. The fourth-order valence-corrected chi connectivity index (χ4v) is 7.75. The summed E-state index contributed by atoms with van der Waals surface area (Å²) in [4.78, 5) is 11.4. The molecule has 0 saturated carbocycles. The second-order valence-electron chi connectivity index (χ2n) is 11.2. The standard InChI is InChI=1S/C30H14BrF23O2S/c31-15-11-13-18(14-12-15)57(16-7-3-1-4-8-16,17-9-5-2-6-10-17)56-19(55)20(32,33)21(34,35)22(36,37)23(38,39)24(40,41)25(42,43)26(44,45)27(46,47)28(48,49)29(50,51)30(52,53)54/h1-14H. The number of halogens is 24. The zero-order valence-corrected chi connectivity index (χ0v) is 28.8. The van der Waals surface area contributed by atoms with Gasteiger partial charge in [-0.25, -0.2) is 4.79 Å². The average molecular weight is 955 g/mol. The lowest BCUT2D eigenvalue weighted by molar-refractivity contribution is -0.477. The molecule has 0 fully saturated rings. The van der Waals surface area contributed by atoms with Crippen LogP contribution in [0.2, 0.25) is 0 Å². The molecule has 0 amide bonds. The van der Waals surface area contributed by atoms with Crippen molar-refractivity contribution < 1.29 is 110 Å². The first kappa shape index (κ1) is 47.7. The molecule has 0 atom stereocenters. The lowest BCUT2D eigenvalue weighted by Gasteiger charge is -2.45. The molecule has 3 rings (SSSR count). The molecule has 0 aromatic heterocycles. The predicted octanol–water partition coefficient (Wildman–Crippen LogP) is 13.1. The smallest absolute Gasteiger partial charge is 0.397 e. The Bertz CT molecular complexity index is 1860. The minimum Gasteiger partial charge on any atom is -0.397 e. The summed E-state index contributed by atoms with van der Waals surface area (Å²) in [5.74, 6) is -94.5. The molecule has 27 heteroatoms. The van der Waals surface area contributed by atoms with Gasteiger partial charge in [0, 0.05) is 19.2 Å². The Morgan fingerprint density at radius 3 is 0.947 bits per heavy atom. The molecule has 0 radical (unpaired) electrons. The Hall–Kier alpha value is -3.65. The van der Waals surface area contributed by atoms with Crippen LogP contribution in [0.4, 0.5) is 101 Å². The van der Waals surface area contributed by atoms with Crippen molar-refractivity contribution in [1.29, 1.82) is 0 Å². The number of alkyl halides is 23. The Morgan fingerprint density at radius 1 is 0.386 bits per heavy atom. The molecule has 0 saturated heterocycles. The lowest BCUT2D eigenvalue weighted by atomic mass is 9.85. The Kier molecular flexibility index (Phi) is 11.9. The molecule has 0 spiro atoms. The van der Waals surface area contributed by atoms with E-state index in [1.54, 1.807) is 0 Å². The monoisotopic (exact) mass is 954 g/mol. The third-order valence-corrected chi connectivity index (χ3v) is 11.4. The molecule has 320 valence electrons. The zero-order chi connectivity index (χ0) is 44.5.